The van der Waals surface area contributed by atoms with Gasteiger partial charge in [0, 0.05) is 78.0 Å². The average Bonchev–Trinajstić information content (AvgIpc) is 1.16. The molecule has 0 amide bonds. The van der Waals surface area contributed by atoms with E-state index >= 15 is 0 Å². The molecule has 135 heavy (non-hydrogen) atoms. The number of unbranched alkanes of at least 4 members (excludes halogenated alkanes) is 8. The molecule has 42 rings (SSSR count). The summed E-state index contributed by atoms with van der Waals surface area (Å²) in [5.41, 5.74) is 39.2. The summed E-state index contributed by atoms with van der Waals surface area (Å²) in [5, 5.41) is 57.2. The second-order valence-corrected chi connectivity index (χ2v) is 50.3. The lowest BCUT2D eigenvalue weighted by atomic mass is 9.71. The standard InChI is InChI=1S/C48H38S.C44H30S.C40H22S/c1-3-5-6-7-8-9-10-16-47(32-14-13-31(4-2)49-32)46-17-15-26-20-29-21-27-18-24-11-12-25-19-28-22-30(23-46)38-37(28)40-34(25)33(24)39-35(27)36(29)42-43(41(39)40)45(38)48(46,47)44(26)42;1-3-5-6-12-43(28-10-9-27(4-2)45-28)42-13-11-22-16-25-17-23-14-20-7-8-21-15-24-18-26(19-42)34-33(24)36-30(21)29(20)35-31(23)32(25)38-39(37(35)36)41(34)44(42,43)40(22)38;1-3-23-6-7-24(41-23)38(2)39-9-8-18-12-21-13-19-10-16-4-5-17-11-20-14-22(15-39)30-29(20)32-26(17)25(16)31-27(19)28(21)34-35(33(31)32)37(30)40(38,39)36(18)34/h11-15,17-20,23H,3-10,16,21-22H2,1-2H3;7-11,13-16,19H,3-6,12,17-18H2,1-2H3;4-12,15H,3,13-14H2,1-2H3. The van der Waals surface area contributed by atoms with E-state index in [4.69, 9.17) is 0 Å². The molecule has 3 spiro atoms. The second-order valence-electron chi connectivity index (χ2n) is 46.8. The third kappa shape index (κ3) is 6.09. The Balaban J connectivity index is 0.0000000823. The van der Waals surface area contributed by atoms with E-state index in [1.165, 1.54) is 131 Å². The van der Waals surface area contributed by atoms with E-state index in [0.717, 1.165) is 57.8 Å². The van der Waals surface area contributed by atoms with E-state index in [1.807, 2.05) is 0 Å². The fraction of sp³-hybridized carbons (Fsp3) is 0.273. The third-order valence-electron chi connectivity index (χ3n) is 42.9. The average molecular weight is 1770 g/mol. The highest BCUT2D eigenvalue weighted by atomic mass is 32.1. The summed E-state index contributed by atoms with van der Waals surface area (Å²) in [6.45, 7) is 14.4. The lowest BCUT2D eigenvalue weighted by Gasteiger charge is -2.31. The zero-order valence-electron chi connectivity index (χ0n) is 76.9. The van der Waals surface area contributed by atoms with E-state index in [-0.39, 0.29) is 48.7 Å². The summed E-state index contributed by atoms with van der Waals surface area (Å²) < 4.78 is 0. The molecule has 0 N–H and O–H groups in total. The van der Waals surface area contributed by atoms with Crippen LogP contribution in [0.15, 0.2) is 164 Å². The number of allylic oxidation sites excluding steroid dienone is 9. The van der Waals surface area contributed by atoms with Gasteiger partial charge >= 0.3 is 0 Å². The van der Waals surface area contributed by atoms with Crippen LogP contribution >= 0.6 is 34.0 Å². The molecule has 9 atom stereocenters. The lowest BCUT2D eigenvalue weighted by Crippen LogP contribution is -2.25. The van der Waals surface area contributed by atoms with Gasteiger partial charge in [0.15, 0.2) is 0 Å². The third-order valence-corrected chi connectivity index (χ3v) is 47.2. The molecule has 21 aromatic carbocycles. The molecule has 24 aromatic rings. The van der Waals surface area contributed by atoms with Crippen LogP contribution in [-0.4, -0.2) is 0 Å². The van der Waals surface area contributed by atoms with Crippen LogP contribution in [0.25, 0.3) is 229 Å². The molecule has 3 heterocycles. The number of hydrogen-bond acceptors (Lipinski definition) is 3. The van der Waals surface area contributed by atoms with Crippen molar-refractivity contribution in [1.29, 1.82) is 0 Å². The lowest BCUT2D eigenvalue weighted by molar-refractivity contribution is 0.484. The first-order valence-electron chi connectivity index (χ1n) is 52.4. The zero-order chi connectivity index (χ0) is 86.8. The fourth-order valence-corrected chi connectivity index (χ4v) is 43.2. The maximum absolute atomic E-state index is 2.89. The summed E-state index contributed by atoms with van der Waals surface area (Å²) >= 11 is 6.39. The number of hydrogen-bond donors (Lipinski definition) is 0. The highest BCUT2D eigenvalue weighted by molar-refractivity contribution is 7.13. The van der Waals surface area contributed by atoms with Crippen molar-refractivity contribution in [2.24, 2.45) is 16.2 Å². The van der Waals surface area contributed by atoms with E-state index in [9.17, 15) is 0 Å². The van der Waals surface area contributed by atoms with Gasteiger partial charge in [-0.3, -0.25) is 0 Å². The van der Waals surface area contributed by atoms with Crippen molar-refractivity contribution >= 4 is 263 Å². The summed E-state index contributed by atoms with van der Waals surface area (Å²) in [5.74, 6) is 0. The largest absolute Gasteiger partial charge is 0.145 e. The van der Waals surface area contributed by atoms with Gasteiger partial charge in [-0.2, -0.15) is 0 Å². The van der Waals surface area contributed by atoms with Crippen molar-refractivity contribution in [3.05, 3.63) is 310 Å². The van der Waals surface area contributed by atoms with Gasteiger partial charge in [0.05, 0.1) is 0 Å². The van der Waals surface area contributed by atoms with Crippen molar-refractivity contribution in [1.82, 2.24) is 0 Å². The smallest absolute Gasteiger partial charge is 0.0478 e. The van der Waals surface area contributed by atoms with E-state index in [1.54, 1.807) is 303 Å². The molecule has 3 fully saturated rings. The maximum atomic E-state index is 2.89. The minimum absolute atomic E-state index is 0.000627. The first-order chi connectivity index (χ1) is 66.5. The van der Waals surface area contributed by atoms with Crippen LogP contribution in [0.2, 0.25) is 0 Å². The molecule has 0 aliphatic heterocycles. The quantitative estimate of drug-likeness (QED) is 0.0593. The molecule has 9 unspecified atom stereocenters. The van der Waals surface area contributed by atoms with Crippen LogP contribution in [0, 0.1) is 16.2 Å². The van der Waals surface area contributed by atoms with Crippen molar-refractivity contribution in [2.75, 3.05) is 0 Å². The molecule has 0 bridgehead atoms. The molecular formula is C132H90S3. The normalized spacial score (nSPS) is 27.0. The Kier molecular flexibility index (Phi) is 10.7. The second kappa shape index (κ2) is 20.7. The van der Waals surface area contributed by atoms with Crippen LogP contribution < -0.4 is 0 Å². The Bertz CT molecular complexity index is 10500. The maximum Gasteiger partial charge on any atom is 0.0478 e. The Labute approximate surface area is 791 Å². The van der Waals surface area contributed by atoms with Crippen LogP contribution in [0.5, 0.6) is 0 Å². The molecular weight excluding hydrogens is 1680 g/mol. The molecule has 3 aromatic heterocycles. The molecule has 0 radical (unpaired) electrons. The van der Waals surface area contributed by atoms with Gasteiger partial charge in [-0.15, -0.1) is 34.0 Å². The number of rotatable bonds is 18. The Morgan fingerprint density at radius 2 is 0.526 bits per heavy atom. The SMILES string of the molecule is CCCCCC1(c2ccc(CC)s2)C23C=Cc4cc5c6c7c4C21c1c2c4c(cc8ccc9cc(c6c6c9c8c4c6c17)C5)CC2=C3.CCCCCCCCCC1(c2ccc(CC)s2)C23C=Cc4cc5c6c7c4C21c1c2c4c(cc8ccc9cc(c6c6c9c8c4c6c17)C5)CC2=C3.CCc1ccc(C2(C)C34C=Cc5cc6c7c8c5C32c2c3c5c(cc9ccc%10cc(c7c7c%10c9c5c7c28)C6)CC3=C4)s1. The summed E-state index contributed by atoms with van der Waals surface area (Å²) in [7, 11) is 0. The first-order valence-corrected chi connectivity index (χ1v) is 54.8. The molecule has 0 nitrogen and oxygen atoms in total. The minimum Gasteiger partial charge on any atom is -0.145 e. The topological polar surface area (TPSA) is 0 Å². The zero-order valence-corrected chi connectivity index (χ0v) is 79.3. The predicted octanol–water partition coefficient (Wildman–Crippen LogP) is 34.6. The van der Waals surface area contributed by atoms with Crippen LogP contribution in [0.1, 0.15) is 265 Å². The molecule has 18 aliphatic rings. The van der Waals surface area contributed by atoms with Gasteiger partial charge in [0.25, 0.3) is 0 Å². The van der Waals surface area contributed by atoms with Gasteiger partial charge < -0.3 is 0 Å². The van der Waals surface area contributed by atoms with E-state index in [2.05, 4.69) is 258 Å². The highest BCUT2D eigenvalue weighted by Gasteiger charge is 2.93. The Morgan fingerprint density at radius 3 is 0.904 bits per heavy atom. The van der Waals surface area contributed by atoms with Crippen LogP contribution in [0.3, 0.4) is 0 Å². The van der Waals surface area contributed by atoms with Gasteiger partial charge in [-0.25, -0.2) is 0 Å². The summed E-state index contributed by atoms with van der Waals surface area (Å²) in [6.07, 6.45) is 50.4. The van der Waals surface area contributed by atoms with Crippen molar-refractivity contribution in [3.63, 3.8) is 0 Å². The van der Waals surface area contributed by atoms with Gasteiger partial charge in [-0.05, 0) is 434 Å². The van der Waals surface area contributed by atoms with Gasteiger partial charge in [0.2, 0.25) is 0 Å². The minimum atomic E-state index is -0.00157. The molecule has 636 valence electrons. The van der Waals surface area contributed by atoms with E-state index in [0.29, 0.717) is 0 Å². The molecule has 3 saturated carbocycles. The van der Waals surface area contributed by atoms with Crippen LogP contribution in [-0.2, 0) is 90.3 Å². The van der Waals surface area contributed by atoms with E-state index < -0.39 is 0 Å². The first kappa shape index (κ1) is 69.9. The Hall–Kier alpha value is -11.8. The molecule has 3 heteroatoms. The molecule has 18 aliphatic carbocycles. The van der Waals surface area contributed by atoms with Crippen molar-refractivity contribution in [3.8, 4) is 0 Å². The number of thiophene rings is 3. The predicted molar refractivity (Wildman–Crippen MR) is 574 cm³/mol. The fourth-order valence-electron chi connectivity index (χ4n) is 39.3. The number of benzene rings is 18. The summed E-state index contributed by atoms with van der Waals surface area (Å²) in [6, 6.07) is 53.1. The van der Waals surface area contributed by atoms with Gasteiger partial charge in [-0.1, -0.05) is 251 Å². The molecule has 0 saturated heterocycles. The van der Waals surface area contributed by atoms with Crippen molar-refractivity contribution < 1.29 is 0 Å². The van der Waals surface area contributed by atoms with Crippen molar-refractivity contribution in [2.45, 2.75) is 209 Å². The number of aryl methyl sites for hydroxylation is 3. The van der Waals surface area contributed by atoms with Crippen LogP contribution in [0.4, 0.5) is 0 Å². The summed E-state index contributed by atoms with van der Waals surface area (Å²) in [4.78, 5) is 9.54. The van der Waals surface area contributed by atoms with Gasteiger partial charge in [0.1, 0.15) is 0 Å². The highest BCUT2D eigenvalue weighted by Crippen LogP contribution is 2.96. The monoisotopic (exact) mass is 1770 g/mol. The Morgan fingerprint density at radius 1 is 0.244 bits per heavy atom.